The van der Waals surface area contributed by atoms with Crippen molar-refractivity contribution in [2.45, 2.75) is 25.5 Å². The van der Waals surface area contributed by atoms with E-state index < -0.39 is 0 Å². The largest absolute Gasteiger partial charge is 0.393 e. The summed E-state index contributed by atoms with van der Waals surface area (Å²) in [4.78, 5) is 14.5. The number of aliphatic hydroxyl groups excluding tert-OH is 1. The van der Waals surface area contributed by atoms with Gasteiger partial charge in [0.25, 0.3) is 0 Å². The molecule has 2 fully saturated rings. The first kappa shape index (κ1) is 13.0. The molecule has 1 saturated heterocycles. The molecule has 2 aliphatic rings. The van der Waals surface area contributed by atoms with Crippen LogP contribution in [0.2, 0.25) is 0 Å². The number of fused-ring (bicyclic) bond motifs is 2. The molecule has 1 saturated carbocycles. The third-order valence-corrected chi connectivity index (χ3v) is 5.01. The molecule has 0 amide bonds. The van der Waals surface area contributed by atoms with Crippen LogP contribution in [-0.2, 0) is 6.54 Å². The Labute approximate surface area is 122 Å². The molecule has 6 nitrogen and oxygen atoms in total. The van der Waals surface area contributed by atoms with Crippen molar-refractivity contribution in [3.63, 3.8) is 0 Å². The first-order valence-corrected chi connectivity index (χ1v) is 7.67. The SMILES string of the molecule is O=c1n(CCN2CC3CCC(O)C3C2)nc2ccccn12. The summed E-state index contributed by atoms with van der Waals surface area (Å²) in [6, 6.07) is 5.56. The number of hydrogen-bond acceptors (Lipinski definition) is 4. The smallest absolute Gasteiger partial charge is 0.350 e. The van der Waals surface area contributed by atoms with Gasteiger partial charge in [-0.3, -0.25) is 4.40 Å². The van der Waals surface area contributed by atoms with Crippen LogP contribution in [0.5, 0.6) is 0 Å². The molecule has 2 aromatic heterocycles. The van der Waals surface area contributed by atoms with Crippen LogP contribution in [-0.4, -0.2) is 49.9 Å². The molecule has 1 N–H and O–H groups in total. The standard InChI is InChI=1S/C15H20N4O2/c20-13-5-4-11-9-17(10-12(11)13)7-8-19-15(21)18-6-2-1-3-14(18)16-19/h1-3,6,11-13,20H,4-5,7-10H2. The average Bonchev–Trinajstić information content (AvgIpc) is 3.13. The van der Waals surface area contributed by atoms with Gasteiger partial charge in [0.15, 0.2) is 5.65 Å². The maximum absolute atomic E-state index is 12.2. The van der Waals surface area contributed by atoms with E-state index in [0.717, 1.165) is 32.5 Å². The summed E-state index contributed by atoms with van der Waals surface area (Å²) in [7, 11) is 0. The summed E-state index contributed by atoms with van der Waals surface area (Å²) < 4.78 is 3.11. The summed E-state index contributed by atoms with van der Waals surface area (Å²) in [6.07, 6.45) is 3.71. The lowest BCUT2D eigenvalue weighted by Gasteiger charge is -2.17. The Morgan fingerprint density at radius 1 is 1.24 bits per heavy atom. The molecule has 6 heteroatoms. The van der Waals surface area contributed by atoms with Crippen molar-refractivity contribution in [3.05, 3.63) is 34.9 Å². The van der Waals surface area contributed by atoms with Crippen LogP contribution in [0.3, 0.4) is 0 Å². The zero-order valence-corrected chi connectivity index (χ0v) is 11.9. The monoisotopic (exact) mass is 288 g/mol. The fourth-order valence-corrected chi connectivity index (χ4v) is 3.86. The lowest BCUT2D eigenvalue weighted by atomic mass is 10.00. The Hall–Kier alpha value is -1.66. The highest BCUT2D eigenvalue weighted by Crippen LogP contribution is 2.37. The van der Waals surface area contributed by atoms with Gasteiger partial charge in [-0.2, -0.15) is 0 Å². The Bertz CT molecular complexity index is 707. The van der Waals surface area contributed by atoms with Gasteiger partial charge in [-0.05, 0) is 30.9 Å². The summed E-state index contributed by atoms with van der Waals surface area (Å²) in [5, 5.41) is 14.3. The van der Waals surface area contributed by atoms with Crippen LogP contribution >= 0.6 is 0 Å². The van der Waals surface area contributed by atoms with E-state index in [1.807, 2.05) is 18.2 Å². The minimum Gasteiger partial charge on any atom is -0.393 e. The van der Waals surface area contributed by atoms with Crippen LogP contribution in [0, 0.1) is 11.8 Å². The highest BCUT2D eigenvalue weighted by atomic mass is 16.3. The minimum absolute atomic E-state index is 0.0787. The quantitative estimate of drug-likeness (QED) is 0.876. The maximum Gasteiger partial charge on any atom is 0.350 e. The molecule has 3 heterocycles. The number of likely N-dealkylation sites (tertiary alicyclic amines) is 1. The molecular formula is C15H20N4O2. The van der Waals surface area contributed by atoms with Crippen LogP contribution in [0.1, 0.15) is 12.8 Å². The molecule has 21 heavy (non-hydrogen) atoms. The van der Waals surface area contributed by atoms with Gasteiger partial charge in [-0.25, -0.2) is 9.48 Å². The average molecular weight is 288 g/mol. The van der Waals surface area contributed by atoms with Crippen molar-refractivity contribution in [1.82, 2.24) is 19.1 Å². The molecule has 1 aliphatic heterocycles. The highest BCUT2D eigenvalue weighted by molar-refractivity contribution is 5.35. The third kappa shape index (κ3) is 2.18. The van der Waals surface area contributed by atoms with E-state index in [0.29, 0.717) is 24.0 Å². The van der Waals surface area contributed by atoms with Gasteiger partial charge in [-0.1, -0.05) is 6.07 Å². The zero-order chi connectivity index (χ0) is 14.4. The predicted octanol–water partition coefficient (Wildman–Crippen LogP) is 0.199. The van der Waals surface area contributed by atoms with Crippen molar-refractivity contribution in [2.75, 3.05) is 19.6 Å². The van der Waals surface area contributed by atoms with E-state index in [1.165, 1.54) is 0 Å². The van der Waals surface area contributed by atoms with Gasteiger partial charge in [0.05, 0.1) is 12.6 Å². The number of pyridine rings is 1. The van der Waals surface area contributed by atoms with Crippen LogP contribution in [0.4, 0.5) is 0 Å². The fraction of sp³-hybridized carbons (Fsp3) is 0.600. The molecule has 112 valence electrons. The van der Waals surface area contributed by atoms with E-state index in [-0.39, 0.29) is 11.8 Å². The summed E-state index contributed by atoms with van der Waals surface area (Å²) in [5.41, 5.74) is 0.612. The Morgan fingerprint density at radius 3 is 2.95 bits per heavy atom. The molecule has 0 radical (unpaired) electrons. The fourth-order valence-electron chi connectivity index (χ4n) is 3.86. The zero-order valence-electron chi connectivity index (χ0n) is 11.9. The second-order valence-corrected chi connectivity index (χ2v) is 6.26. The molecule has 0 bridgehead atoms. The molecule has 0 spiro atoms. The van der Waals surface area contributed by atoms with Gasteiger partial charge in [-0.15, -0.1) is 5.10 Å². The number of aliphatic hydroxyl groups is 1. The number of rotatable bonds is 3. The molecule has 1 aliphatic carbocycles. The van der Waals surface area contributed by atoms with E-state index in [9.17, 15) is 9.90 Å². The highest BCUT2D eigenvalue weighted by Gasteiger charge is 2.41. The number of aromatic nitrogens is 3. The summed E-state index contributed by atoms with van der Waals surface area (Å²) in [5.74, 6) is 1.07. The van der Waals surface area contributed by atoms with Crippen LogP contribution < -0.4 is 5.69 Å². The molecular weight excluding hydrogens is 268 g/mol. The third-order valence-electron chi connectivity index (χ3n) is 5.01. The van der Waals surface area contributed by atoms with Crippen molar-refractivity contribution in [1.29, 1.82) is 0 Å². The van der Waals surface area contributed by atoms with Crippen LogP contribution in [0.15, 0.2) is 29.2 Å². The lowest BCUT2D eigenvalue weighted by molar-refractivity contribution is 0.123. The second-order valence-electron chi connectivity index (χ2n) is 6.26. The lowest BCUT2D eigenvalue weighted by Crippen LogP contribution is -2.31. The number of nitrogens with zero attached hydrogens (tertiary/aromatic N) is 4. The van der Waals surface area contributed by atoms with Crippen molar-refractivity contribution in [3.8, 4) is 0 Å². The Morgan fingerprint density at radius 2 is 2.14 bits per heavy atom. The maximum atomic E-state index is 12.2. The summed E-state index contributed by atoms with van der Waals surface area (Å²) in [6.45, 7) is 3.43. The normalized spacial score (nSPS) is 29.3. The van der Waals surface area contributed by atoms with Gasteiger partial charge in [0.2, 0.25) is 0 Å². The van der Waals surface area contributed by atoms with E-state index in [2.05, 4.69) is 10.00 Å². The first-order valence-electron chi connectivity index (χ1n) is 7.67. The van der Waals surface area contributed by atoms with Gasteiger partial charge in [0, 0.05) is 31.7 Å². The van der Waals surface area contributed by atoms with Gasteiger partial charge in [0.1, 0.15) is 0 Å². The number of hydrogen-bond donors (Lipinski definition) is 1. The van der Waals surface area contributed by atoms with E-state index in [4.69, 9.17) is 0 Å². The molecule has 3 atom stereocenters. The minimum atomic E-state index is -0.127. The molecule has 2 aromatic rings. The first-order chi connectivity index (χ1) is 10.2. The molecule has 4 rings (SSSR count). The van der Waals surface area contributed by atoms with E-state index in [1.54, 1.807) is 15.3 Å². The topological polar surface area (TPSA) is 62.8 Å². The van der Waals surface area contributed by atoms with Crippen LogP contribution in [0.25, 0.3) is 5.65 Å². The van der Waals surface area contributed by atoms with Gasteiger partial charge >= 0.3 is 5.69 Å². The Kier molecular flexibility index (Phi) is 3.08. The van der Waals surface area contributed by atoms with Crippen molar-refractivity contribution >= 4 is 5.65 Å². The van der Waals surface area contributed by atoms with Gasteiger partial charge < -0.3 is 10.0 Å². The predicted molar refractivity (Wildman–Crippen MR) is 78.1 cm³/mol. The van der Waals surface area contributed by atoms with E-state index >= 15 is 0 Å². The Balaban J connectivity index is 1.45. The summed E-state index contributed by atoms with van der Waals surface area (Å²) >= 11 is 0. The van der Waals surface area contributed by atoms with Crippen molar-refractivity contribution in [2.24, 2.45) is 11.8 Å². The second kappa shape index (κ2) is 4.96. The van der Waals surface area contributed by atoms with Crippen molar-refractivity contribution < 1.29 is 5.11 Å². The molecule has 3 unspecified atom stereocenters. The molecule has 0 aromatic carbocycles.